The Hall–Kier alpha value is -0.280. The van der Waals surface area contributed by atoms with Crippen molar-refractivity contribution >= 4 is 17.5 Å². The van der Waals surface area contributed by atoms with E-state index in [0.717, 1.165) is 32.6 Å². The topological polar surface area (TPSA) is 23.6 Å². The second-order valence-corrected chi connectivity index (χ2v) is 4.32. The van der Waals surface area contributed by atoms with E-state index in [1.807, 2.05) is 4.90 Å². The molecule has 0 spiro atoms. The van der Waals surface area contributed by atoms with E-state index in [0.29, 0.717) is 18.3 Å². The predicted octanol–water partition coefficient (Wildman–Crippen LogP) is 1.56. The van der Waals surface area contributed by atoms with Gasteiger partial charge in [-0.3, -0.25) is 9.69 Å². The molecule has 1 atom stereocenters. The van der Waals surface area contributed by atoms with Crippen molar-refractivity contribution in [3.8, 4) is 0 Å². The Morgan fingerprint density at radius 3 is 2.67 bits per heavy atom. The van der Waals surface area contributed by atoms with E-state index < -0.39 is 0 Å². The summed E-state index contributed by atoms with van der Waals surface area (Å²) in [6.07, 6.45) is 1.59. The number of halogens is 1. The average molecular weight is 233 g/mol. The van der Waals surface area contributed by atoms with E-state index in [1.165, 1.54) is 0 Å². The molecular formula is C11H21ClN2O. The molecule has 0 saturated carbocycles. The molecule has 1 aliphatic rings. The number of hydrogen-bond acceptors (Lipinski definition) is 2. The standard InChI is InChI=1S/C11H21ClN2O/c1-3-13(4-2)10-6-8-14(9-10)11(15)5-7-12/h10H,3-9H2,1-2H3. The van der Waals surface area contributed by atoms with E-state index in [1.54, 1.807) is 0 Å². The lowest BCUT2D eigenvalue weighted by molar-refractivity contribution is -0.129. The van der Waals surface area contributed by atoms with Crippen LogP contribution in [0.5, 0.6) is 0 Å². The third-order valence-corrected chi connectivity index (χ3v) is 3.34. The molecule has 1 fully saturated rings. The fourth-order valence-corrected chi connectivity index (χ4v) is 2.41. The molecule has 88 valence electrons. The first-order valence-electron chi connectivity index (χ1n) is 5.80. The summed E-state index contributed by atoms with van der Waals surface area (Å²) in [6, 6.07) is 0.555. The molecule has 0 N–H and O–H groups in total. The maximum atomic E-state index is 11.6. The van der Waals surface area contributed by atoms with Gasteiger partial charge in [0, 0.05) is 31.4 Å². The van der Waals surface area contributed by atoms with Gasteiger partial charge in [-0.2, -0.15) is 0 Å². The van der Waals surface area contributed by atoms with Gasteiger partial charge in [0.2, 0.25) is 5.91 Å². The molecule has 1 unspecified atom stereocenters. The highest BCUT2D eigenvalue weighted by molar-refractivity contribution is 6.18. The molecule has 3 nitrogen and oxygen atoms in total. The van der Waals surface area contributed by atoms with Gasteiger partial charge in [-0.1, -0.05) is 13.8 Å². The predicted molar refractivity (Wildman–Crippen MR) is 63.2 cm³/mol. The lowest BCUT2D eigenvalue weighted by atomic mass is 10.2. The monoisotopic (exact) mass is 232 g/mol. The second kappa shape index (κ2) is 6.33. The van der Waals surface area contributed by atoms with Gasteiger partial charge >= 0.3 is 0 Å². The molecule has 0 aromatic heterocycles. The Balaban J connectivity index is 2.41. The minimum atomic E-state index is 0.208. The highest BCUT2D eigenvalue weighted by Gasteiger charge is 2.28. The number of likely N-dealkylation sites (tertiary alicyclic amines) is 1. The first-order valence-corrected chi connectivity index (χ1v) is 6.34. The van der Waals surface area contributed by atoms with Crippen molar-refractivity contribution in [2.75, 3.05) is 32.1 Å². The first-order chi connectivity index (χ1) is 7.22. The molecule has 1 amide bonds. The molecule has 1 heterocycles. The normalized spacial score (nSPS) is 21.3. The molecule has 0 aromatic rings. The van der Waals surface area contributed by atoms with E-state index in [4.69, 9.17) is 11.6 Å². The van der Waals surface area contributed by atoms with Gasteiger partial charge in [-0.25, -0.2) is 0 Å². The van der Waals surface area contributed by atoms with E-state index in [9.17, 15) is 4.79 Å². The Bertz CT molecular complexity index is 207. The number of nitrogens with zero attached hydrogens (tertiary/aromatic N) is 2. The Kier molecular flexibility index (Phi) is 5.40. The number of likely N-dealkylation sites (N-methyl/N-ethyl adjacent to an activating group) is 1. The van der Waals surface area contributed by atoms with Gasteiger partial charge in [0.05, 0.1) is 0 Å². The molecular weight excluding hydrogens is 212 g/mol. The number of rotatable bonds is 5. The van der Waals surface area contributed by atoms with Crippen LogP contribution in [0.15, 0.2) is 0 Å². The summed E-state index contributed by atoms with van der Waals surface area (Å²) >= 11 is 5.57. The zero-order valence-electron chi connectivity index (χ0n) is 9.71. The van der Waals surface area contributed by atoms with Crippen LogP contribution < -0.4 is 0 Å². The van der Waals surface area contributed by atoms with Crippen LogP contribution >= 0.6 is 11.6 Å². The van der Waals surface area contributed by atoms with Crippen LogP contribution in [0.1, 0.15) is 26.7 Å². The van der Waals surface area contributed by atoms with Crippen LogP contribution in [0.25, 0.3) is 0 Å². The lowest BCUT2D eigenvalue weighted by Gasteiger charge is -2.26. The number of alkyl halides is 1. The molecule has 0 bridgehead atoms. The Morgan fingerprint density at radius 1 is 1.47 bits per heavy atom. The van der Waals surface area contributed by atoms with Gasteiger partial charge < -0.3 is 4.90 Å². The summed E-state index contributed by atoms with van der Waals surface area (Å²) < 4.78 is 0. The minimum absolute atomic E-state index is 0.208. The Morgan fingerprint density at radius 2 is 2.13 bits per heavy atom. The van der Waals surface area contributed by atoms with Gasteiger partial charge in [-0.05, 0) is 19.5 Å². The first kappa shape index (κ1) is 12.8. The maximum Gasteiger partial charge on any atom is 0.223 e. The van der Waals surface area contributed by atoms with Crippen LogP contribution in [0, 0.1) is 0 Å². The summed E-state index contributed by atoms with van der Waals surface area (Å²) in [5, 5.41) is 0. The van der Waals surface area contributed by atoms with Crippen molar-refractivity contribution in [3.63, 3.8) is 0 Å². The largest absolute Gasteiger partial charge is 0.341 e. The SMILES string of the molecule is CCN(CC)C1CCN(C(=O)CCCl)C1. The van der Waals surface area contributed by atoms with Crippen molar-refractivity contribution in [1.82, 2.24) is 9.80 Å². The molecule has 15 heavy (non-hydrogen) atoms. The van der Waals surface area contributed by atoms with Crippen molar-refractivity contribution < 1.29 is 4.79 Å². The Labute approximate surface area is 97.4 Å². The molecule has 0 aliphatic carbocycles. The molecule has 1 saturated heterocycles. The smallest absolute Gasteiger partial charge is 0.223 e. The summed E-state index contributed by atoms with van der Waals surface area (Å²) in [5.74, 6) is 0.644. The quantitative estimate of drug-likeness (QED) is 0.672. The summed E-state index contributed by atoms with van der Waals surface area (Å²) in [6.45, 7) is 8.27. The van der Waals surface area contributed by atoms with Gasteiger partial charge in [0.15, 0.2) is 0 Å². The third kappa shape index (κ3) is 3.35. The molecule has 4 heteroatoms. The van der Waals surface area contributed by atoms with Crippen LogP contribution in [-0.4, -0.2) is 53.8 Å². The third-order valence-electron chi connectivity index (χ3n) is 3.15. The van der Waals surface area contributed by atoms with Gasteiger partial charge in [0.25, 0.3) is 0 Å². The average Bonchev–Trinajstić information content (AvgIpc) is 2.69. The molecule has 1 aliphatic heterocycles. The highest BCUT2D eigenvalue weighted by Crippen LogP contribution is 2.16. The van der Waals surface area contributed by atoms with Crippen LogP contribution in [0.2, 0.25) is 0 Å². The summed E-state index contributed by atoms with van der Waals surface area (Å²) in [7, 11) is 0. The van der Waals surface area contributed by atoms with E-state index in [-0.39, 0.29) is 5.91 Å². The summed E-state index contributed by atoms with van der Waals surface area (Å²) in [5.41, 5.74) is 0. The van der Waals surface area contributed by atoms with Crippen molar-refractivity contribution in [2.45, 2.75) is 32.7 Å². The van der Waals surface area contributed by atoms with Crippen LogP contribution in [0.4, 0.5) is 0 Å². The molecule has 0 radical (unpaired) electrons. The highest BCUT2D eigenvalue weighted by atomic mass is 35.5. The fourth-order valence-electron chi connectivity index (χ4n) is 2.25. The number of amides is 1. The van der Waals surface area contributed by atoms with Crippen molar-refractivity contribution in [3.05, 3.63) is 0 Å². The lowest BCUT2D eigenvalue weighted by Crippen LogP contribution is -2.38. The van der Waals surface area contributed by atoms with Crippen molar-refractivity contribution in [1.29, 1.82) is 0 Å². The zero-order chi connectivity index (χ0) is 11.3. The van der Waals surface area contributed by atoms with Gasteiger partial charge in [-0.15, -0.1) is 11.6 Å². The minimum Gasteiger partial charge on any atom is -0.341 e. The number of carbonyl (C=O) groups is 1. The number of hydrogen-bond donors (Lipinski definition) is 0. The second-order valence-electron chi connectivity index (χ2n) is 3.94. The zero-order valence-corrected chi connectivity index (χ0v) is 10.5. The summed E-state index contributed by atoms with van der Waals surface area (Å²) in [4.78, 5) is 16.0. The molecule has 0 aromatic carbocycles. The van der Waals surface area contributed by atoms with Crippen LogP contribution in [-0.2, 0) is 4.79 Å². The van der Waals surface area contributed by atoms with E-state index in [2.05, 4.69) is 18.7 Å². The van der Waals surface area contributed by atoms with Crippen molar-refractivity contribution in [2.24, 2.45) is 0 Å². The molecule has 1 rings (SSSR count). The fraction of sp³-hybridized carbons (Fsp3) is 0.909. The van der Waals surface area contributed by atoms with E-state index >= 15 is 0 Å². The van der Waals surface area contributed by atoms with Gasteiger partial charge in [0.1, 0.15) is 0 Å². The van der Waals surface area contributed by atoms with Crippen LogP contribution in [0.3, 0.4) is 0 Å². The number of carbonyl (C=O) groups excluding carboxylic acids is 1. The maximum absolute atomic E-state index is 11.6.